The van der Waals surface area contributed by atoms with Crippen LogP contribution >= 0.6 is 0 Å². The summed E-state index contributed by atoms with van der Waals surface area (Å²) in [5, 5.41) is 3.41. The van der Waals surface area contributed by atoms with Gasteiger partial charge >= 0.3 is 6.03 Å². The summed E-state index contributed by atoms with van der Waals surface area (Å²) in [6.07, 6.45) is 6.11. The Kier molecular flexibility index (Phi) is 3.23. The quantitative estimate of drug-likeness (QED) is 0.745. The Bertz CT molecular complexity index is 284. The number of carbonyl (C=O) groups excluding carboxylic acids is 1. The highest BCUT2D eigenvalue weighted by atomic mass is 16.2. The number of piperidine rings is 1. The Balaban J connectivity index is 1.63. The maximum atomic E-state index is 12.3. The summed E-state index contributed by atoms with van der Waals surface area (Å²) in [5.74, 6) is 0.740. The van der Waals surface area contributed by atoms with Crippen LogP contribution in [0.1, 0.15) is 32.1 Å². The van der Waals surface area contributed by atoms with Gasteiger partial charge in [-0.15, -0.1) is 0 Å². The predicted molar refractivity (Wildman–Crippen MR) is 66.9 cm³/mol. The summed E-state index contributed by atoms with van der Waals surface area (Å²) in [5.41, 5.74) is 0. The van der Waals surface area contributed by atoms with Gasteiger partial charge in [0.15, 0.2) is 0 Å². The highest BCUT2D eigenvalue weighted by molar-refractivity contribution is 5.75. The van der Waals surface area contributed by atoms with Crippen LogP contribution in [-0.4, -0.2) is 54.6 Å². The van der Waals surface area contributed by atoms with Crippen molar-refractivity contribution in [3.8, 4) is 0 Å². The zero-order valence-corrected chi connectivity index (χ0v) is 10.5. The van der Waals surface area contributed by atoms with Crippen LogP contribution in [-0.2, 0) is 0 Å². The standard InChI is InChI=1S/C13H23N3O/c17-13(15-8-2-9-15)16-10-1-3-12(16)11-4-6-14-7-5-11/h11-12,14H,1-10H2. The van der Waals surface area contributed by atoms with Gasteiger partial charge in [-0.25, -0.2) is 4.79 Å². The molecule has 4 heteroatoms. The largest absolute Gasteiger partial charge is 0.325 e. The number of rotatable bonds is 1. The van der Waals surface area contributed by atoms with Crippen LogP contribution < -0.4 is 5.32 Å². The molecule has 0 aromatic rings. The molecule has 0 spiro atoms. The molecule has 3 heterocycles. The van der Waals surface area contributed by atoms with E-state index in [9.17, 15) is 4.79 Å². The molecule has 96 valence electrons. The number of nitrogens with one attached hydrogen (secondary N) is 1. The number of urea groups is 1. The maximum Gasteiger partial charge on any atom is 0.320 e. The second-order valence-electron chi connectivity index (χ2n) is 5.61. The van der Waals surface area contributed by atoms with Gasteiger partial charge in [0, 0.05) is 25.7 Å². The van der Waals surface area contributed by atoms with Gasteiger partial charge in [-0.2, -0.15) is 0 Å². The molecule has 1 N–H and O–H groups in total. The monoisotopic (exact) mass is 237 g/mol. The minimum absolute atomic E-state index is 0.317. The van der Waals surface area contributed by atoms with Crippen LogP contribution in [0, 0.1) is 5.92 Å². The SMILES string of the molecule is O=C(N1CCC1)N1CCCC1C1CCNCC1. The first kappa shape index (κ1) is 11.3. The number of carbonyl (C=O) groups is 1. The number of likely N-dealkylation sites (tertiary alicyclic amines) is 2. The van der Waals surface area contributed by atoms with Gasteiger partial charge in [-0.3, -0.25) is 0 Å². The highest BCUT2D eigenvalue weighted by Gasteiger charge is 2.37. The fourth-order valence-corrected chi connectivity index (χ4v) is 3.44. The van der Waals surface area contributed by atoms with Crippen LogP contribution in [0.5, 0.6) is 0 Å². The Hall–Kier alpha value is -0.770. The van der Waals surface area contributed by atoms with Gasteiger partial charge in [0.2, 0.25) is 0 Å². The lowest BCUT2D eigenvalue weighted by Crippen LogP contribution is -2.53. The zero-order valence-electron chi connectivity index (χ0n) is 10.5. The molecule has 0 aromatic heterocycles. The lowest BCUT2D eigenvalue weighted by atomic mass is 9.89. The van der Waals surface area contributed by atoms with Crippen molar-refractivity contribution in [2.75, 3.05) is 32.7 Å². The van der Waals surface area contributed by atoms with E-state index in [4.69, 9.17) is 0 Å². The molecule has 3 fully saturated rings. The molecule has 17 heavy (non-hydrogen) atoms. The topological polar surface area (TPSA) is 35.6 Å². The molecule has 0 saturated carbocycles. The van der Waals surface area contributed by atoms with Gasteiger partial charge in [0.1, 0.15) is 0 Å². The highest BCUT2D eigenvalue weighted by Crippen LogP contribution is 2.30. The van der Waals surface area contributed by atoms with Gasteiger partial charge < -0.3 is 15.1 Å². The van der Waals surface area contributed by atoms with Crippen molar-refractivity contribution in [3.63, 3.8) is 0 Å². The maximum absolute atomic E-state index is 12.3. The van der Waals surface area contributed by atoms with Crippen molar-refractivity contribution in [1.82, 2.24) is 15.1 Å². The van der Waals surface area contributed by atoms with E-state index in [1.165, 1.54) is 32.1 Å². The third kappa shape index (κ3) is 2.15. The van der Waals surface area contributed by atoms with Crippen molar-refractivity contribution in [3.05, 3.63) is 0 Å². The van der Waals surface area contributed by atoms with E-state index in [1.807, 2.05) is 4.90 Å². The van der Waals surface area contributed by atoms with E-state index in [-0.39, 0.29) is 0 Å². The average molecular weight is 237 g/mol. The first-order valence-corrected chi connectivity index (χ1v) is 7.12. The average Bonchev–Trinajstić information content (AvgIpc) is 2.76. The molecule has 0 aromatic carbocycles. The van der Waals surface area contributed by atoms with Crippen LogP contribution in [0.15, 0.2) is 0 Å². The van der Waals surface area contributed by atoms with Crippen LogP contribution in [0.2, 0.25) is 0 Å². The minimum Gasteiger partial charge on any atom is -0.325 e. The summed E-state index contributed by atoms with van der Waals surface area (Å²) >= 11 is 0. The third-order valence-corrected chi connectivity index (χ3v) is 4.60. The van der Waals surface area contributed by atoms with E-state index in [0.717, 1.165) is 38.6 Å². The van der Waals surface area contributed by atoms with E-state index in [2.05, 4.69) is 10.2 Å². The summed E-state index contributed by atoms with van der Waals surface area (Å²) in [6.45, 7) is 5.21. The number of hydrogen-bond acceptors (Lipinski definition) is 2. The number of hydrogen-bond donors (Lipinski definition) is 1. The Morgan fingerprint density at radius 3 is 2.41 bits per heavy atom. The molecule has 2 amide bonds. The Morgan fingerprint density at radius 2 is 1.76 bits per heavy atom. The number of amides is 2. The van der Waals surface area contributed by atoms with E-state index < -0.39 is 0 Å². The Morgan fingerprint density at radius 1 is 1.00 bits per heavy atom. The van der Waals surface area contributed by atoms with Crippen molar-refractivity contribution >= 4 is 6.03 Å². The Labute approximate surface area is 103 Å². The van der Waals surface area contributed by atoms with E-state index in [0.29, 0.717) is 12.1 Å². The predicted octanol–water partition coefficient (Wildman–Crippen LogP) is 1.28. The molecule has 1 unspecified atom stereocenters. The lowest BCUT2D eigenvalue weighted by molar-refractivity contribution is 0.105. The normalized spacial score (nSPS) is 30.5. The first-order valence-electron chi connectivity index (χ1n) is 7.12. The van der Waals surface area contributed by atoms with E-state index in [1.54, 1.807) is 0 Å². The molecule has 0 aliphatic carbocycles. The molecule has 4 nitrogen and oxygen atoms in total. The summed E-state index contributed by atoms with van der Waals surface area (Å²) in [7, 11) is 0. The van der Waals surface area contributed by atoms with Crippen molar-refractivity contribution in [1.29, 1.82) is 0 Å². The second kappa shape index (κ2) is 4.84. The fourth-order valence-electron chi connectivity index (χ4n) is 3.44. The second-order valence-corrected chi connectivity index (χ2v) is 5.61. The first-order chi connectivity index (χ1) is 8.36. The van der Waals surface area contributed by atoms with Gasteiger partial charge in [-0.1, -0.05) is 0 Å². The smallest absolute Gasteiger partial charge is 0.320 e. The van der Waals surface area contributed by atoms with Crippen molar-refractivity contribution in [2.24, 2.45) is 5.92 Å². The van der Waals surface area contributed by atoms with Crippen LogP contribution in [0.3, 0.4) is 0 Å². The zero-order chi connectivity index (χ0) is 11.7. The lowest BCUT2D eigenvalue weighted by Gasteiger charge is -2.40. The molecule has 0 radical (unpaired) electrons. The molecular weight excluding hydrogens is 214 g/mol. The molecule has 3 aliphatic heterocycles. The van der Waals surface area contributed by atoms with Gasteiger partial charge in [0.05, 0.1) is 0 Å². The molecule has 3 aliphatic rings. The van der Waals surface area contributed by atoms with Crippen molar-refractivity contribution in [2.45, 2.75) is 38.1 Å². The summed E-state index contributed by atoms with van der Waals surface area (Å²) in [4.78, 5) is 16.5. The summed E-state index contributed by atoms with van der Waals surface area (Å²) in [6, 6.07) is 0.850. The van der Waals surface area contributed by atoms with E-state index >= 15 is 0 Å². The fraction of sp³-hybridized carbons (Fsp3) is 0.923. The molecule has 0 bridgehead atoms. The van der Waals surface area contributed by atoms with Gasteiger partial charge in [0.25, 0.3) is 0 Å². The van der Waals surface area contributed by atoms with Crippen LogP contribution in [0.4, 0.5) is 4.79 Å². The molecule has 3 saturated heterocycles. The molecule has 3 rings (SSSR count). The molecule has 1 atom stereocenters. The summed E-state index contributed by atoms with van der Waals surface area (Å²) < 4.78 is 0. The van der Waals surface area contributed by atoms with Gasteiger partial charge in [-0.05, 0) is 51.1 Å². The molecular formula is C13H23N3O. The minimum atomic E-state index is 0.317. The number of nitrogens with zero attached hydrogens (tertiary/aromatic N) is 2. The van der Waals surface area contributed by atoms with Crippen molar-refractivity contribution < 1.29 is 4.79 Å². The third-order valence-electron chi connectivity index (χ3n) is 4.60. The van der Waals surface area contributed by atoms with Crippen LogP contribution in [0.25, 0.3) is 0 Å².